The molecule has 0 amide bonds. The number of nitriles is 1. The summed E-state index contributed by atoms with van der Waals surface area (Å²) in [5.41, 5.74) is 0.0639. The summed E-state index contributed by atoms with van der Waals surface area (Å²) < 4.78 is 0. The molecule has 0 N–H and O–H groups in total. The summed E-state index contributed by atoms with van der Waals surface area (Å²) in [6.45, 7) is 4.53. The number of rotatable bonds is 6. The van der Waals surface area contributed by atoms with E-state index < -0.39 is 0 Å². The fourth-order valence-electron chi connectivity index (χ4n) is 2.91. The lowest BCUT2D eigenvalue weighted by Crippen LogP contribution is -2.18. The van der Waals surface area contributed by atoms with E-state index in [1.54, 1.807) is 0 Å². The third-order valence-electron chi connectivity index (χ3n) is 4.02. The largest absolute Gasteiger partial charge is 0.198 e. The van der Waals surface area contributed by atoms with Gasteiger partial charge >= 0.3 is 0 Å². The zero-order valence-corrected chi connectivity index (χ0v) is 10.4. The second-order valence-corrected chi connectivity index (χ2v) is 5.22. The Hall–Kier alpha value is -0.510. The van der Waals surface area contributed by atoms with Gasteiger partial charge in [-0.25, -0.2) is 0 Å². The normalized spacial score (nSPS) is 21.1. The highest BCUT2D eigenvalue weighted by molar-refractivity contribution is 5.02. The molecule has 1 aliphatic carbocycles. The van der Waals surface area contributed by atoms with Crippen molar-refractivity contribution in [1.29, 1.82) is 5.26 Å². The molecular weight excluding hydrogens is 182 g/mol. The lowest BCUT2D eigenvalue weighted by molar-refractivity contribution is 0.274. The van der Waals surface area contributed by atoms with Crippen LogP contribution in [0.5, 0.6) is 0 Å². The second kappa shape index (κ2) is 6.16. The first kappa shape index (κ1) is 12.6. The number of hydrogen-bond acceptors (Lipinski definition) is 1. The van der Waals surface area contributed by atoms with Crippen LogP contribution in [0, 0.1) is 22.7 Å². The van der Waals surface area contributed by atoms with Gasteiger partial charge in [-0.1, -0.05) is 52.4 Å². The molecule has 0 aliphatic heterocycles. The third-order valence-corrected chi connectivity index (χ3v) is 4.02. The van der Waals surface area contributed by atoms with E-state index in [4.69, 9.17) is 0 Å². The van der Waals surface area contributed by atoms with Gasteiger partial charge in [0.25, 0.3) is 0 Å². The monoisotopic (exact) mass is 207 g/mol. The number of unbranched alkanes of at least 4 members (excludes halogenated alkanes) is 1. The van der Waals surface area contributed by atoms with Crippen LogP contribution in [0.25, 0.3) is 0 Å². The van der Waals surface area contributed by atoms with Crippen LogP contribution in [0.15, 0.2) is 0 Å². The molecule has 1 heteroatoms. The van der Waals surface area contributed by atoms with Gasteiger partial charge in [0.15, 0.2) is 0 Å². The van der Waals surface area contributed by atoms with Crippen molar-refractivity contribution < 1.29 is 0 Å². The summed E-state index contributed by atoms with van der Waals surface area (Å²) >= 11 is 0. The molecule has 15 heavy (non-hydrogen) atoms. The molecule has 0 radical (unpaired) electrons. The van der Waals surface area contributed by atoms with Crippen LogP contribution in [0.3, 0.4) is 0 Å². The smallest absolute Gasteiger partial charge is 0.0689 e. The number of hydrogen-bond donors (Lipinski definition) is 0. The van der Waals surface area contributed by atoms with Crippen molar-refractivity contribution in [2.24, 2.45) is 11.3 Å². The van der Waals surface area contributed by atoms with Crippen LogP contribution in [0.4, 0.5) is 0 Å². The van der Waals surface area contributed by atoms with Crippen LogP contribution < -0.4 is 0 Å². The van der Waals surface area contributed by atoms with Crippen LogP contribution >= 0.6 is 0 Å². The average Bonchev–Trinajstić information content (AvgIpc) is 2.73. The molecule has 0 saturated heterocycles. The van der Waals surface area contributed by atoms with Crippen molar-refractivity contribution in [3.8, 4) is 6.07 Å². The Morgan fingerprint density at radius 1 is 1.27 bits per heavy atom. The maximum Gasteiger partial charge on any atom is 0.0689 e. The predicted octanol–water partition coefficient (Wildman–Crippen LogP) is 4.68. The van der Waals surface area contributed by atoms with Crippen LogP contribution in [0.1, 0.15) is 71.6 Å². The van der Waals surface area contributed by atoms with E-state index in [1.807, 2.05) is 0 Å². The van der Waals surface area contributed by atoms with E-state index in [0.29, 0.717) is 0 Å². The summed E-state index contributed by atoms with van der Waals surface area (Å²) in [5.74, 6) is 0.794. The van der Waals surface area contributed by atoms with Crippen molar-refractivity contribution in [3.63, 3.8) is 0 Å². The van der Waals surface area contributed by atoms with Gasteiger partial charge in [0.05, 0.1) is 11.5 Å². The molecule has 0 bridgehead atoms. The van der Waals surface area contributed by atoms with Gasteiger partial charge in [0, 0.05) is 0 Å². The summed E-state index contributed by atoms with van der Waals surface area (Å²) in [4.78, 5) is 0. The molecule has 0 aromatic rings. The molecular formula is C14H25N. The first-order chi connectivity index (χ1) is 7.26. The SMILES string of the molecule is CCCCC(CC)CC1(C#N)CCCC1. The Bertz CT molecular complexity index is 208. The minimum Gasteiger partial charge on any atom is -0.198 e. The van der Waals surface area contributed by atoms with Crippen molar-refractivity contribution in [2.45, 2.75) is 71.6 Å². The minimum atomic E-state index is 0.0639. The average molecular weight is 207 g/mol. The Morgan fingerprint density at radius 3 is 2.40 bits per heavy atom. The second-order valence-electron chi connectivity index (χ2n) is 5.22. The summed E-state index contributed by atoms with van der Waals surface area (Å²) in [5, 5.41) is 9.34. The summed E-state index contributed by atoms with van der Waals surface area (Å²) in [6, 6.07) is 2.62. The topological polar surface area (TPSA) is 23.8 Å². The summed E-state index contributed by atoms with van der Waals surface area (Å²) in [6.07, 6.45) is 11.2. The van der Waals surface area contributed by atoms with Gasteiger partial charge in [-0.2, -0.15) is 5.26 Å². The highest BCUT2D eigenvalue weighted by atomic mass is 14.4. The van der Waals surface area contributed by atoms with Gasteiger partial charge in [-0.05, 0) is 25.2 Å². The molecule has 0 heterocycles. The Morgan fingerprint density at radius 2 is 1.93 bits per heavy atom. The van der Waals surface area contributed by atoms with E-state index in [-0.39, 0.29) is 5.41 Å². The molecule has 1 atom stereocenters. The van der Waals surface area contributed by atoms with Crippen LogP contribution in [0.2, 0.25) is 0 Å². The van der Waals surface area contributed by atoms with E-state index in [0.717, 1.165) is 18.8 Å². The fraction of sp³-hybridized carbons (Fsp3) is 0.929. The molecule has 1 nitrogen and oxygen atoms in total. The Kier molecular flexibility index (Phi) is 5.15. The maximum atomic E-state index is 9.34. The van der Waals surface area contributed by atoms with Gasteiger partial charge in [-0.3, -0.25) is 0 Å². The molecule has 1 aliphatic rings. The van der Waals surface area contributed by atoms with E-state index in [1.165, 1.54) is 44.9 Å². The highest BCUT2D eigenvalue weighted by Crippen LogP contribution is 2.43. The first-order valence-corrected chi connectivity index (χ1v) is 6.67. The zero-order valence-electron chi connectivity index (χ0n) is 10.4. The van der Waals surface area contributed by atoms with Gasteiger partial charge in [0.1, 0.15) is 0 Å². The van der Waals surface area contributed by atoms with Crippen molar-refractivity contribution >= 4 is 0 Å². The standard InChI is InChI=1S/C14H25N/c1-3-5-8-13(4-2)11-14(12-15)9-6-7-10-14/h13H,3-11H2,1-2H3. The fourth-order valence-corrected chi connectivity index (χ4v) is 2.91. The van der Waals surface area contributed by atoms with Crippen LogP contribution in [-0.4, -0.2) is 0 Å². The highest BCUT2D eigenvalue weighted by Gasteiger charge is 2.35. The molecule has 1 rings (SSSR count). The first-order valence-electron chi connectivity index (χ1n) is 6.67. The quantitative estimate of drug-likeness (QED) is 0.620. The van der Waals surface area contributed by atoms with Crippen molar-refractivity contribution in [3.05, 3.63) is 0 Å². The molecule has 0 aromatic carbocycles. The predicted molar refractivity (Wildman–Crippen MR) is 64.4 cm³/mol. The van der Waals surface area contributed by atoms with Gasteiger partial charge < -0.3 is 0 Å². The number of nitrogens with zero attached hydrogens (tertiary/aromatic N) is 1. The molecule has 86 valence electrons. The van der Waals surface area contributed by atoms with Gasteiger partial charge in [-0.15, -0.1) is 0 Å². The van der Waals surface area contributed by atoms with Crippen molar-refractivity contribution in [2.75, 3.05) is 0 Å². The van der Waals surface area contributed by atoms with E-state index >= 15 is 0 Å². The van der Waals surface area contributed by atoms with Crippen LogP contribution in [-0.2, 0) is 0 Å². The molecule has 0 aromatic heterocycles. The van der Waals surface area contributed by atoms with E-state index in [9.17, 15) is 5.26 Å². The molecule has 0 spiro atoms. The lowest BCUT2D eigenvalue weighted by atomic mass is 9.77. The zero-order chi connectivity index (χ0) is 11.1. The Labute approximate surface area is 94.9 Å². The molecule has 1 fully saturated rings. The van der Waals surface area contributed by atoms with Crippen molar-refractivity contribution in [1.82, 2.24) is 0 Å². The van der Waals surface area contributed by atoms with Gasteiger partial charge in [0.2, 0.25) is 0 Å². The Balaban J connectivity index is 2.45. The molecule has 1 unspecified atom stereocenters. The lowest BCUT2D eigenvalue weighted by Gasteiger charge is -2.26. The summed E-state index contributed by atoms with van der Waals surface area (Å²) in [7, 11) is 0. The minimum absolute atomic E-state index is 0.0639. The molecule has 1 saturated carbocycles. The maximum absolute atomic E-state index is 9.34. The third kappa shape index (κ3) is 3.52. The van der Waals surface area contributed by atoms with E-state index in [2.05, 4.69) is 19.9 Å².